The lowest BCUT2D eigenvalue weighted by Gasteiger charge is -2.30. The molecule has 3 aromatic rings. The van der Waals surface area contributed by atoms with Crippen LogP contribution in [0.1, 0.15) is 6.42 Å². The van der Waals surface area contributed by atoms with Crippen molar-refractivity contribution in [2.75, 3.05) is 37.0 Å². The summed E-state index contributed by atoms with van der Waals surface area (Å²) in [5.41, 5.74) is 2.11. The Bertz CT molecular complexity index is 1050. The molecule has 4 rings (SSSR count). The van der Waals surface area contributed by atoms with E-state index in [1.165, 1.54) is 9.08 Å². The third-order valence-corrected chi connectivity index (χ3v) is 4.65. The van der Waals surface area contributed by atoms with E-state index in [9.17, 15) is 9.59 Å². The minimum Gasteiger partial charge on any atom is -0.489 e. The summed E-state index contributed by atoms with van der Waals surface area (Å²) >= 11 is 0. The van der Waals surface area contributed by atoms with Crippen LogP contribution in [0, 0.1) is 0 Å². The Morgan fingerprint density at radius 2 is 2.11 bits per heavy atom. The van der Waals surface area contributed by atoms with Crippen LogP contribution in [-0.4, -0.2) is 47.3 Å². The molecule has 0 spiro atoms. The number of hydrogen-bond acceptors (Lipinski definition) is 5. The van der Waals surface area contributed by atoms with E-state index < -0.39 is 0 Å². The summed E-state index contributed by atoms with van der Waals surface area (Å²) < 4.78 is 8.53. The third kappa shape index (κ3) is 3.14. The molecular weight excluding hydrogens is 346 g/mol. The van der Waals surface area contributed by atoms with Crippen LogP contribution in [0.4, 0.5) is 11.4 Å². The standard InChI is InChI=1S/C19H21N5O3/c1-21(2)14-6-7-15-16(13-14)27-12-11-22(15)18(25)8-10-24-19(26)23-9-4-3-5-17(23)20-24/h3-7,9,13H,8,10-12H2,1-2H3. The van der Waals surface area contributed by atoms with Crippen molar-refractivity contribution in [1.82, 2.24) is 14.2 Å². The lowest BCUT2D eigenvalue weighted by Crippen LogP contribution is -2.38. The van der Waals surface area contributed by atoms with Crippen molar-refractivity contribution < 1.29 is 9.53 Å². The molecule has 0 aliphatic carbocycles. The van der Waals surface area contributed by atoms with Crippen LogP contribution in [0.3, 0.4) is 0 Å². The van der Waals surface area contributed by atoms with Gasteiger partial charge in [-0.1, -0.05) is 6.07 Å². The average Bonchev–Trinajstić information content (AvgIpc) is 3.01. The fourth-order valence-electron chi connectivity index (χ4n) is 3.20. The molecule has 1 aliphatic heterocycles. The minimum atomic E-state index is -0.239. The molecule has 8 nitrogen and oxygen atoms in total. The summed E-state index contributed by atoms with van der Waals surface area (Å²) in [6.07, 6.45) is 1.86. The second kappa shape index (κ2) is 6.79. The molecule has 27 heavy (non-hydrogen) atoms. The van der Waals surface area contributed by atoms with Gasteiger partial charge in [-0.25, -0.2) is 9.48 Å². The number of pyridine rings is 1. The van der Waals surface area contributed by atoms with E-state index in [-0.39, 0.29) is 24.6 Å². The number of carbonyl (C=O) groups is 1. The highest BCUT2D eigenvalue weighted by atomic mass is 16.5. The molecule has 0 saturated carbocycles. The van der Waals surface area contributed by atoms with Gasteiger partial charge in [-0.2, -0.15) is 0 Å². The van der Waals surface area contributed by atoms with Gasteiger partial charge in [0.1, 0.15) is 12.4 Å². The topological polar surface area (TPSA) is 72.1 Å². The zero-order valence-corrected chi connectivity index (χ0v) is 15.3. The fraction of sp³-hybridized carbons (Fsp3) is 0.316. The van der Waals surface area contributed by atoms with E-state index >= 15 is 0 Å². The van der Waals surface area contributed by atoms with Crippen molar-refractivity contribution in [1.29, 1.82) is 0 Å². The van der Waals surface area contributed by atoms with Crippen LogP contribution >= 0.6 is 0 Å². The van der Waals surface area contributed by atoms with Crippen LogP contribution < -0.4 is 20.2 Å². The van der Waals surface area contributed by atoms with E-state index in [4.69, 9.17) is 4.74 Å². The van der Waals surface area contributed by atoms with Crippen molar-refractivity contribution in [3.63, 3.8) is 0 Å². The number of rotatable bonds is 4. The lowest BCUT2D eigenvalue weighted by atomic mass is 10.2. The molecule has 8 heteroatoms. The van der Waals surface area contributed by atoms with Gasteiger partial charge in [-0.05, 0) is 24.3 Å². The lowest BCUT2D eigenvalue weighted by molar-refractivity contribution is -0.119. The molecule has 0 N–H and O–H groups in total. The Hall–Kier alpha value is -3.29. The molecule has 0 saturated heterocycles. The van der Waals surface area contributed by atoms with Crippen LogP contribution in [0.5, 0.6) is 5.75 Å². The summed E-state index contributed by atoms with van der Waals surface area (Å²) in [6, 6.07) is 11.2. The summed E-state index contributed by atoms with van der Waals surface area (Å²) in [4.78, 5) is 28.8. The highest BCUT2D eigenvalue weighted by Crippen LogP contribution is 2.35. The molecule has 0 bridgehead atoms. The molecule has 3 heterocycles. The second-order valence-corrected chi connectivity index (χ2v) is 6.62. The predicted octanol–water partition coefficient (Wildman–Crippen LogP) is 1.38. The highest BCUT2D eigenvalue weighted by Gasteiger charge is 2.24. The Morgan fingerprint density at radius 3 is 2.89 bits per heavy atom. The molecule has 1 amide bonds. The first-order valence-electron chi connectivity index (χ1n) is 8.83. The van der Waals surface area contributed by atoms with Crippen LogP contribution in [0.25, 0.3) is 5.65 Å². The third-order valence-electron chi connectivity index (χ3n) is 4.65. The summed E-state index contributed by atoms with van der Waals surface area (Å²) in [5.74, 6) is 0.645. The van der Waals surface area contributed by atoms with Crippen molar-refractivity contribution in [2.24, 2.45) is 0 Å². The first-order chi connectivity index (χ1) is 13.0. The van der Waals surface area contributed by atoms with E-state index in [0.717, 1.165) is 11.4 Å². The molecular formula is C19H21N5O3. The smallest absolute Gasteiger partial charge is 0.350 e. The van der Waals surface area contributed by atoms with Gasteiger partial charge in [0.25, 0.3) is 0 Å². The normalized spacial score (nSPS) is 13.3. The Kier molecular flexibility index (Phi) is 4.31. The maximum Gasteiger partial charge on any atom is 0.350 e. The highest BCUT2D eigenvalue weighted by molar-refractivity contribution is 5.95. The number of carbonyl (C=O) groups excluding carboxylic acids is 1. The molecule has 2 aromatic heterocycles. The van der Waals surface area contributed by atoms with Crippen molar-refractivity contribution >= 4 is 22.9 Å². The van der Waals surface area contributed by atoms with Gasteiger partial charge in [-0.3, -0.25) is 9.20 Å². The van der Waals surface area contributed by atoms with Gasteiger partial charge >= 0.3 is 5.69 Å². The molecule has 1 aromatic carbocycles. The number of nitrogens with zero attached hydrogens (tertiary/aromatic N) is 5. The monoisotopic (exact) mass is 367 g/mol. The summed E-state index contributed by atoms with van der Waals surface area (Å²) in [6.45, 7) is 1.18. The van der Waals surface area contributed by atoms with E-state index in [1.54, 1.807) is 23.2 Å². The number of anilines is 2. The second-order valence-electron chi connectivity index (χ2n) is 6.62. The Balaban J connectivity index is 1.52. The van der Waals surface area contributed by atoms with E-state index in [2.05, 4.69) is 5.10 Å². The van der Waals surface area contributed by atoms with Gasteiger partial charge in [0.15, 0.2) is 5.65 Å². The van der Waals surface area contributed by atoms with Gasteiger partial charge in [0, 0.05) is 38.5 Å². The van der Waals surface area contributed by atoms with Crippen LogP contribution in [0.15, 0.2) is 47.4 Å². The quantitative estimate of drug-likeness (QED) is 0.697. The zero-order chi connectivity index (χ0) is 19.0. The molecule has 1 aliphatic rings. The largest absolute Gasteiger partial charge is 0.489 e. The first-order valence-corrected chi connectivity index (χ1v) is 8.83. The fourth-order valence-corrected chi connectivity index (χ4v) is 3.20. The van der Waals surface area contributed by atoms with Gasteiger partial charge < -0.3 is 14.5 Å². The van der Waals surface area contributed by atoms with Crippen molar-refractivity contribution in [3.05, 3.63) is 53.1 Å². The number of amides is 1. The van der Waals surface area contributed by atoms with E-state index in [0.29, 0.717) is 24.5 Å². The molecule has 0 unspecified atom stereocenters. The van der Waals surface area contributed by atoms with Crippen molar-refractivity contribution in [2.45, 2.75) is 13.0 Å². The predicted molar refractivity (Wildman–Crippen MR) is 103 cm³/mol. The maximum absolute atomic E-state index is 12.8. The Labute approximate surface area is 156 Å². The number of fused-ring (bicyclic) bond motifs is 2. The summed E-state index contributed by atoms with van der Waals surface area (Å²) in [7, 11) is 3.92. The Morgan fingerprint density at radius 1 is 1.26 bits per heavy atom. The van der Waals surface area contributed by atoms with Crippen molar-refractivity contribution in [3.8, 4) is 5.75 Å². The SMILES string of the molecule is CN(C)c1ccc2c(c1)OCCN2C(=O)CCn1nc2ccccn2c1=O. The maximum atomic E-state index is 12.8. The van der Waals surface area contributed by atoms with Gasteiger partial charge in [-0.15, -0.1) is 5.10 Å². The molecule has 0 radical (unpaired) electrons. The molecule has 140 valence electrons. The van der Waals surface area contributed by atoms with E-state index in [1.807, 2.05) is 43.3 Å². The zero-order valence-electron chi connectivity index (χ0n) is 15.3. The molecule has 0 atom stereocenters. The number of hydrogen-bond donors (Lipinski definition) is 0. The number of benzene rings is 1. The number of aryl methyl sites for hydroxylation is 1. The molecule has 0 fully saturated rings. The summed E-state index contributed by atoms with van der Waals surface area (Å²) in [5, 5.41) is 4.27. The average molecular weight is 367 g/mol. The minimum absolute atomic E-state index is 0.0545. The van der Waals surface area contributed by atoms with Gasteiger partial charge in [0.05, 0.1) is 18.8 Å². The van der Waals surface area contributed by atoms with Crippen LogP contribution in [-0.2, 0) is 11.3 Å². The number of aromatic nitrogens is 3. The number of ether oxygens (including phenoxy) is 1. The first kappa shape index (κ1) is 17.1. The van der Waals surface area contributed by atoms with Crippen LogP contribution in [0.2, 0.25) is 0 Å². The van der Waals surface area contributed by atoms with Gasteiger partial charge in [0.2, 0.25) is 5.91 Å².